The van der Waals surface area contributed by atoms with Crippen molar-refractivity contribution in [1.29, 1.82) is 0 Å². The van der Waals surface area contributed by atoms with E-state index in [9.17, 15) is 26.4 Å². The summed E-state index contributed by atoms with van der Waals surface area (Å²) in [5, 5.41) is 3.81. The number of thiophene rings is 1. The molecule has 0 atom stereocenters. The molecule has 4 aromatic rings. The van der Waals surface area contributed by atoms with Crippen molar-refractivity contribution in [2.24, 2.45) is 0 Å². The van der Waals surface area contributed by atoms with Gasteiger partial charge in [0, 0.05) is 31.3 Å². The lowest BCUT2D eigenvalue weighted by Gasteiger charge is -2.12. The highest BCUT2D eigenvalue weighted by molar-refractivity contribution is 7.90. The zero-order valence-corrected chi connectivity index (χ0v) is 21.6. The Morgan fingerprint density at radius 2 is 1.73 bits per heavy atom. The van der Waals surface area contributed by atoms with Crippen molar-refractivity contribution in [1.82, 2.24) is 14.7 Å². The van der Waals surface area contributed by atoms with E-state index >= 15 is 0 Å². The Bertz CT molecular complexity index is 1560. The summed E-state index contributed by atoms with van der Waals surface area (Å²) in [5.41, 5.74) is 0.0755. The fourth-order valence-corrected chi connectivity index (χ4v) is 5.05. The van der Waals surface area contributed by atoms with Gasteiger partial charge in [-0.25, -0.2) is 13.1 Å². The van der Waals surface area contributed by atoms with Gasteiger partial charge in [0.2, 0.25) is 0 Å². The van der Waals surface area contributed by atoms with E-state index in [0.717, 1.165) is 12.3 Å². The van der Waals surface area contributed by atoms with Gasteiger partial charge in [-0.15, -0.1) is 11.3 Å². The van der Waals surface area contributed by atoms with Crippen molar-refractivity contribution in [3.05, 3.63) is 72.4 Å². The average Bonchev–Trinajstić information content (AvgIpc) is 3.50. The van der Waals surface area contributed by atoms with Gasteiger partial charge in [0.25, 0.3) is 5.91 Å². The molecule has 0 aliphatic carbocycles. The average molecular weight is 550 g/mol. The number of sulfone groups is 1. The van der Waals surface area contributed by atoms with Crippen LogP contribution in [-0.2, 0) is 20.8 Å². The summed E-state index contributed by atoms with van der Waals surface area (Å²) in [5.74, 6) is 0.0303. The van der Waals surface area contributed by atoms with E-state index in [0.29, 0.717) is 26.8 Å². The third-order valence-electron chi connectivity index (χ3n) is 5.33. The lowest BCUT2D eigenvalue weighted by atomic mass is 10.2. The fraction of sp³-hybridized carbons (Fsp3) is 0.200. The molecule has 0 aliphatic heterocycles. The quantitative estimate of drug-likeness (QED) is 0.318. The van der Waals surface area contributed by atoms with Crippen LogP contribution in [0.1, 0.15) is 5.69 Å². The van der Waals surface area contributed by atoms with Crippen LogP contribution in [0.3, 0.4) is 0 Å². The molecule has 0 aliphatic rings. The summed E-state index contributed by atoms with van der Waals surface area (Å²) in [7, 11) is -0.250. The highest BCUT2D eigenvalue weighted by atomic mass is 32.2. The van der Waals surface area contributed by atoms with Crippen molar-refractivity contribution in [2.75, 3.05) is 27.0 Å². The number of alkyl halides is 3. The smallest absolute Gasteiger partial charge is 0.435 e. The molecule has 37 heavy (non-hydrogen) atoms. The Labute approximate surface area is 215 Å². The van der Waals surface area contributed by atoms with Crippen LogP contribution in [0.5, 0.6) is 5.75 Å². The molecule has 1 amide bonds. The molecule has 4 rings (SSSR count). The number of amides is 1. The molecule has 0 radical (unpaired) electrons. The van der Waals surface area contributed by atoms with Crippen LogP contribution in [0.25, 0.3) is 26.7 Å². The summed E-state index contributed by atoms with van der Waals surface area (Å²) >= 11 is 1.21. The second kappa shape index (κ2) is 10.0. The molecule has 0 saturated carbocycles. The SMILES string of the molecule is CN(C)C(=O)COc1cccc(-n2nc(C(F)(F)F)cc2-c2ccc(-c3cccc(S(C)(=O)=O)c3)s2)c1. The van der Waals surface area contributed by atoms with E-state index in [2.05, 4.69) is 5.10 Å². The first-order chi connectivity index (χ1) is 17.3. The third-order valence-corrected chi connectivity index (χ3v) is 7.60. The van der Waals surface area contributed by atoms with E-state index in [1.54, 1.807) is 56.6 Å². The van der Waals surface area contributed by atoms with Crippen LogP contribution in [0, 0.1) is 0 Å². The second-order valence-corrected chi connectivity index (χ2v) is 11.5. The summed E-state index contributed by atoms with van der Waals surface area (Å²) in [6.07, 6.45) is -3.56. The number of halogens is 3. The number of likely N-dealkylation sites (N-methyl/N-ethyl adjacent to an activating group) is 1. The van der Waals surface area contributed by atoms with E-state index in [4.69, 9.17) is 4.74 Å². The largest absolute Gasteiger partial charge is 0.484 e. The number of aromatic nitrogens is 2. The molecule has 0 unspecified atom stereocenters. The molecule has 194 valence electrons. The van der Waals surface area contributed by atoms with Crippen LogP contribution in [-0.4, -0.2) is 56.0 Å². The Morgan fingerprint density at radius 1 is 1.03 bits per heavy atom. The van der Waals surface area contributed by atoms with Crippen LogP contribution < -0.4 is 4.74 Å². The zero-order chi connectivity index (χ0) is 27.0. The van der Waals surface area contributed by atoms with Gasteiger partial charge in [-0.05, 0) is 48.0 Å². The predicted octanol–water partition coefficient (Wildman–Crippen LogP) is 5.16. The normalized spacial score (nSPS) is 11.9. The Morgan fingerprint density at radius 3 is 2.41 bits per heavy atom. The van der Waals surface area contributed by atoms with Crippen molar-refractivity contribution in [3.8, 4) is 32.4 Å². The van der Waals surface area contributed by atoms with Crippen LogP contribution in [0.2, 0.25) is 0 Å². The van der Waals surface area contributed by atoms with Gasteiger partial charge < -0.3 is 9.64 Å². The van der Waals surface area contributed by atoms with Crippen LogP contribution >= 0.6 is 11.3 Å². The van der Waals surface area contributed by atoms with E-state index in [1.165, 1.54) is 39.1 Å². The molecule has 0 saturated heterocycles. The fourth-order valence-electron chi connectivity index (χ4n) is 3.38. The first kappa shape index (κ1) is 26.4. The van der Waals surface area contributed by atoms with Crippen LogP contribution in [0.15, 0.2) is 71.6 Å². The molecule has 12 heteroatoms. The van der Waals surface area contributed by atoms with Gasteiger partial charge in [0.05, 0.1) is 21.2 Å². The van der Waals surface area contributed by atoms with E-state index < -0.39 is 21.7 Å². The van der Waals surface area contributed by atoms with Gasteiger partial charge in [-0.3, -0.25) is 4.79 Å². The van der Waals surface area contributed by atoms with Gasteiger partial charge in [-0.1, -0.05) is 18.2 Å². The molecule has 0 N–H and O–H groups in total. The maximum atomic E-state index is 13.6. The monoisotopic (exact) mass is 549 g/mol. The van der Waals surface area contributed by atoms with Gasteiger partial charge in [0.15, 0.2) is 22.1 Å². The first-order valence-electron chi connectivity index (χ1n) is 10.8. The van der Waals surface area contributed by atoms with Gasteiger partial charge >= 0.3 is 6.18 Å². The molecular weight excluding hydrogens is 527 g/mol. The number of hydrogen-bond acceptors (Lipinski definition) is 6. The highest BCUT2D eigenvalue weighted by Gasteiger charge is 2.35. The Hall–Kier alpha value is -3.64. The maximum absolute atomic E-state index is 13.6. The lowest BCUT2D eigenvalue weighted by molar-refractivity contribution is -0.141. The minimum Gasteiger partial charge on any atom is -0.484 e. The van der Waals surface area contributed by atoms with Crippen molar-refractivity contribution < 1.29 is 31.1 Å². The van der Waals surface area contributed by atoms with E-state index in [-0.39, 0.29) is 23.1 Å². The molecule has 2 heterocycles. The molecule has 0 spiro atoms. The lowest BCUT2D eigenvalue weighted by Crippen LogP contribution is -2.27. The van der Waals surface area contributed by atoms with Gasteiger partial charge in [-0.2, -0.15) is 18.3 Å². The highest BCUT2D eigenvalue weighted by Crippen LogP contribution is 2.39. The predicted molar refractivity (Wildman–Crippen MR) is 135 cm³/mol. The number of rotatable bonds is 7. The van der Waals surface area contributed by atoms with E-state index in [1.807, 2.05) is 0 Å². The molecule has 2 aromatic heterocycles. The Balaban J connectivity index is 1.74. The second-order valence-electron chi connectivity index (χ2n) is 8.36. The molecular formula is C25H22F3N3O4S2. The third kappa shape index (κ3) is 6.03. The minimum atomic E-state index is -4.67. The van der Waals surface area contributed by atoms with Crippen molar-refractivity contribution in [3.63, 3.8) is 0 Å². The molecule has 0 bridgehead atoms. The zero-order valence-electron chi connectivity index (χ0n) is 20.0. The van der Waals surface area contributed by atoms with Crippen molar-refractivity contribution >= 4 is 27.1 Å². The molecule has 0 fully saturated rings. The number of benzene rings is 2. The van der Waals surface area contributed by atoms with Crippen LogP contribution in [0.4, 0.5) is 13.2 Å². The van der Waals surface area contributed by atoms with Gasteiger partial charge in [0.1, 0.15) is 5.75 Å². The Kier molecular flexibility index (Phi) is 7.16. The summed E-state index contributed by atoms with van der Waals surface area (Å²) < 4.78 is 71.4. The summed E-state index contributed by atoms with van der Waals surface area (Å²) in [6, 6.07) is 17.0. The number of carbonyl (C=O) groups is 1. The number of hydrogen-bond donors (Lipinski definition) is 0. The summed E-state index contributed by atoms with van der Waals surface area (Å²) in [6.45, 7) is -0.225. The van der Waals surface area contributed by atoms with Crippen molar-refractivity contribution in [2.45, 2.75) is 11.1 Å². The molecule has 2 aromatic carbocycles. The summed E-state index contributed by atoms with van der Waals surface area (Å²) in [4.78, 5) is 14.5. The molecule has 7 nitrogen and oxygen atoms in total. The maximum Gasteiger partial charge on any atom is 0.435 e. The first-order valence-corrected chi connectivity index (χ1v) is 13.5. The number of carbonyl (C=O) groups excluding carboxylic acids is 1. The minimum absolute atomic E-state index is 0.147. The topological polar surface area (TPSA) is 81.5 Å². The number of nitrogens with zero attached hydrogens (tertiary/aromatic N) is 3. The standard InChI is InChI=1S/C25H22F3N3O4S2/c1-30(2)24(32)15-35-18-8-5-7-17(13-18)31-20(14-23(29-31)25(26,27)28)22-11-10-21(36-22)16-6-4-9-19(12-16)37(3,33)34/h4-14H,15H2,1-3H3. The number of ether oxygens (including phenoxy) is 1.